The third kappa shape index (κ3) is 12.7. The summed E-state index contributed by atoms with van der Waals surface area (Å²) in [5, 5.41) is 13.3. The Morgan fingerprint density at radius 2 is 1.54 bits per heavy atom. The number of carboxylic acid groups (broad SMARTS) is 1. The molecule has 0 saturated carbocycles. The fraction of sp³-hybridized carbons (Fsp3) is 0.682. The summed E-state index contributed by atoms with van der Waals surface area (Å²) in [5.74, 6) is -1.17. The van der Waals surface area contributed by atoms with Gasteiger partial charge in [-0.1, -0.05) is 70.4 Å². The molecule has 0 atom stereocenters. The van der Waals surface area contributed by atoms with E-state index in [0.29, 0.717) is 11.6 Å². The van der Waals surface area contributed by atoms with Crippen molar-refractivity contribution in [1.82, 2.24) is 4.98 Å². The molecule has 0 aliphatic heterocycles. The number of thiazole rings is 1. The van der Waals surface area contributed by atoms with Crippen LogP contribution in [-0.2, 0) is 4.79 Å². The molecule has 1 rings (SSSR count). The Morgan fingerprint density at radius 1 is 0.964 bits per heavy atom. The number of carbonyl (C=O) groups is 2. The van der Waals surface area contributed by atoms with Gasteiger partial charge in [0.1, 0.15) is 0 Å². The van der Waals surface area contributed by atoms with Crippen molar-refractivity contribution in [2.75, 3.05) is 5.32 Å². The summed E-state index contributed by atoms with van der Waals surface area (Å²) in [4.78, 5) is 26.4. The Kier molecular flexibility index (Phi) is 14.2. The molecule has 0 unspecified atom stereocenters. The number of amides is 1. The fourth-order valence-electron chi connectivity index (χ4n) is 2.97. The highest BCUT2D eigenvalue weighted by molar-refractivity contribution is 7.14. The lowest BCUT2D eigenvalue weighted by Crippen LogP contribution is -2.11. The summed E-state index contributed by atoms with van der Waals surface area (Å²) in [6.07, 6.45) is 21.1. The number of rotatable bonds is 17. The lowest BCUT2D eigenvalue weighted by molar-refractivity contribution is -0.116. The van der Waals surface area contributed by atoms with Gasteiger partial charge in [0.05, 0.1) is 0 Å². The van der Waals surface area contributed by atoms with Gasteiger partial charge >= 0.3 is 5.97 Å². The van der Waals surface area contributed by atoms with Crippen molar-refractivity contribution in [2.24, 2.45) is 0 Å². The molecule has 0 aliphatic rings. The molecule has 0 aliphatic carbocycles. The molecular weight excluding hydrogens is 372 g/mol. The van der Waals surface area contributed by atoms with E-state index in [2.05, 4.69) is 29.4 Å². The van der Waals surface area contributed by atoms with E-state index in [9.17, 15) is 9.59 Å². The molecule has 0 bridgehead atoms. The van der Waals surface area contributed by atoms with Gasteiger partial charge in [0, 0.05) is 11.8 Å². The Balaban J connectivity index is 1.89. The minimum Gasteiger partial charge on any atom is -0.476 e. The molecule has 1 aromatic rings. The number of anilines is 1. The second-order valence-corrected chi connectivity index (χ2v) is 8.08. The van der Waals surface area contributed by atoms with Gasteiger partial charge in [-0.3, -0.25) is 4.79 Å². The van der Waals surface area contributed by atoms with E-state index in [-0.39, 0.29) is 11.6 Å². The standard InChI is InChI=1S/C22H36N2O3S/c1-2-3-4-5-6-7-8-9-10-11-12-13-14-15-16-17-20(25)24-22-23-19(18-28-22)21(26)27/h9-10,18H,2-8,11-17H2,1H3,(H,26,27)(H,23,24,25)/b10-9+. The summed E-state index contributed by atoms with van der Waals surface area (Å²) in [5.41, 5.74) is -0.0266. The second-order valence-electron chi connectivity index (χ2n) is 7.23. The Morgan fingerprint density at radius 3 is 2.11 bits per heavy atom. The number of unbranched alkanes of at least 4 members (excludes halogenated alkanes) is 11. The van der Waals surface area contributed by atoms with Crippen LogP contribution in [-0.4, -0.2) is 22.0 Å². The van der Waals surface area contributed by atoms with Gasteiger partial charge in [0.2, 0.25) is 5.91 Å². The SMILES string of the molecule is CCCCCCCC/C=C/CCCCCCCC(=O)Nc1nc(C(=O)O)cs1. The summed E-state index contributed by atoms with van der Waals surface area (Å²) >= 11 is 1.14. The Labute approximate surface area is 173 Å². The van der Waals surface area contributed by atoms with Crippen molar-refractivity contribution in [3.63, 3.8) is 0 Å². The molecular formula is C22H36N2O3S. The van der Waals surface area contributed by atoms with Gasteiger partial charge in [0.15, 0.2) is 10.8 Å². The van der Waals surface area contributed by atoms with Crippen LogP contribution in [0.2, 0.25) is 0 Å². The van der Waals surface area contributed by atoms with Crippen LogP contribution >= 0.6 is 11.3 Å². The van der Waals surface area contributed by atoms with Gasteiger partial charge in [-0.05, 0) is 32.1 Å². The largest absolute Gasteiger partial charge is 0.476 e. The average molecular weight is 409 g/mol. The van der Waals surface area contributed by atoms with Crippen LogP contribution in [0, 0.1) is 0 Å². The number of hydrogen-bond acceptors (Lipinski definition) is 4. The second kappa shape index (κ2) is 16.3. The van der Waals surface area contributed by atoms with Crippen LogP contribution < -0.4 is 5.32 Å². The molecule has 5 nitrogen and oxygen atoms in total. The van der Waals surface area contributed by atoms with Gasteiger partial charge in [-0.15, -0.1) is 11.3 Å². The zero-order chi connectivity index (χ0) is 20.5. The summed E-state index contributed by atoms with van der Waals surface area (Å²) in [7, 11) is 0. The molecule has 1 amide bonds. The number of nitrogens with zero attached hydrogens (tertiary/aromatic N) is 1. The maximum Gasteiger partial charge on any atom is 0.355 e. The smallest absolute Gasteiger partial charge is 0.355 e. The first-order valence-electron chi connectivity index (χ1n) is 10.8. The normalized spacial score (nSPS) is 11.2. The van der Waals surface area contributed by atoms with Crippen molar-refractivity contribution in [3.05, 3.63) is 23.2 Å². The molecule has 0 aromatic carbocycles. The van der Waals surface area contributed by atoms with E-state index in [0.717, 1.165) is 37.0 Å². The summed E-state index contributed by atoms with van der Waals surface area (Å²) in [6.45, 7) is 2.25. The molecule has 158 valence electrons. The maximum absolute atomic E-state index is 11.8. The third-order valence-electron chi connectivity index (χ3n) is 4.64. The van der Waals surface area contributed by atoms with Crippen molar-refractivity contribution < 1.29 is 14.7 Å². The van der Waals surface area contributed by atoms with Crippen LogP contribution in [0.15, 0.2) is 17.5 Å². The molecule has 1 heterocycles. The van der Waals surface area contributed by atoms with Crippen LogP contribution in [0.4, 0.5) is 5.13 Å². The lowest BCUT2D eigenvalue weighted by atomic mass is 10.1. The number of nitrogens with one attached hydrogen (secondary N) is 1. The van der Waals surface area contributed by atoms with E-state index >= 15 is 0 Å². The highest BCUT2D eigenvalue weighted by Crippen LogP contribution is 2.16. The maximum atomic E-state index is 11.8. The number of carboxylic acids is 1. The van der Waals surface area contributed by atoms with Gasteiger partial charge in [-0.2, -0.15) is 0 Å². The van der Waals surface area contributed by atoms with E-state index in [1.807, 2.05) is 0 Å². The summed E-state index contributed by atoms with van der Waals surface area (Å²) in [6, 6.07) is 0. The van der Waals surface area contributed by atoms with Gasteiger partial charge in [-0.25, -0.2) is 9.78 Å². The minimum absolute atomic E-state index is 0.0266. The highest BCUT2D eigenvalue weighted by Gasteiger charge is 2.10. The van der Waals surface area contributed by atoms with Gasteiger partial charge in [0.25, 0.3) is 0 Å². The zero-order valence-electron chi connectivity index (χ0n) is 17.3. The number of hydrogen-bond donors (Lipinski definition) is 2. The first-order chi connectivity index (χ1) is 13.6. The van der Waals surface area contributed by atoms with E-state index in [1.165, 1.54) is 63.2 Å². The first-order valence-corrected chi connectivity index (χ1v) is 11.6. The molecule has 0 radical (unpaired) electrons. The third-order valence-corrected chi connectivity index (χ3v) is 5.39. The number of allylic oxidation sites excluding steroid dienone is 2. The average Bonchev–Trinajstić information content (AvgIpc) is 3.13. The molecule has 0 spiro atoms. The van der Waals surface area contributed by atoms with E-state index < -0.39 is 5.97 Å². The topological polar surface area (TPSA) is 79.3 Å². The molecule has 0 fully saturated rings. The lowest BCUT2D eigenvalue weighted by Gasteiger charge is -2.02. The van der Waals surface area contributed by atoms with Crippen LogP contribution in [0.3, 0.4) is 0 Å². The van der Waals surface area contributed by atoms with Crippen LogP contribution in [0.1, 0.15) is 107 Å². The van der Waals surface area contributed by atoms with E-state index in [4.69, 9.17) is 5.11 Å². The van der Waals surface area contributed by atoms with E-state index in [1.54, 1.807) is 0 Å². The Bertz CT molecular complexity index is 584. The van der Waals surface area contributed by atoms with Gasteiger partial charge < -0.3 is 10.4 Å². The van der Waals surface area contributed by atoms with Crippen LogP contribution in [0.25, 0.3) is 0 Å². The van der Waals surface area contributed by atoms with Crippen molar-refractivity contribution in [1.29, 1.82) is 0 Å². The minimum atomic E-state index is -1.07. The zero-order valence-corrected chi connectivity index (χ0v) is 18.1. The monoisotopic (exact) mass is 408 g/mol. The molecule has 6 heteroatoms. The van der Waals surface area contributed by atoms with Crippen molar-refractivity contribution in [2.45, 2.75) is 96.8 Å². The van der Waals surface area contributed by atoms with Crippen molar-refractivity contribution in [3.8, 4) is 0 Å². The first kappa shape index (κ1) is 24.3. The molecule has 1 aromatic heterocycles. The Hall–Kier alpha value is -1.69. The highest BCUT2D eigenvalue weighted by atomic mass is 32.1. The molecule has 28 heavy (non-hydrogen) atoms. The predicted octanol–water partition coefficient (Wildman–Crippen LogP) is 6.82. The number of aromatic carboxylic acids is 1. The molecule has 2 N–H and O–H groups in total. The fourth-order valence-corrected chi connectivity index (χ4v) is 3.67. The van der Waals surface area contributed by atoms with Crippen molar-refractivity contribution >= 4 is 28.3 Å². The number of carbonyl (C=O) groups excluding carboxylic acids is 1. The number of aromatic nitrogens is 1. The molecule has 0 saturated heterocycles. The predicted molar refractivity (Wildman–Crippen MR) is 117 cm³/mol. The summed E-state index contributed by atoms with van der Waals surface area (Å²) < 4.78 is 0. The van der Waals surface area contributed by atoms with Crippen LogP contribution in [0.5, 0.6) is 0 Å². The quantitative estimate of drug-likeness (QED) is 0.219.